The number of nitrogens with zero attached hydrogens (tertiary/aromatic N) is 1. The third-order valence-electron chi connectivity index (χ3n) is 5.38. The molecular formula is C26H19ClN2O4S. The van der Waals surface area contributed by atoms with Crippen molar-refractivity contribution in [3.63, 3.8) is 0 Å². The lowest BCUT2D eigenvalue weighted by Crippen LogP contribution is -2.40. The molecule has 34 heavy (non-hydrogen) atoms. The zero-order valence-corrected chi connectivity index (χ0v) is 19.4. The van der Waals surface area contributed by atoms with Gasteiger partial charge in [-0.1, -0.05) is 48.0 Å². The number of ether oxygens (including phenoxy) is 1. The molecule has 1 amide bonds. The Bertz CT molecular complexity index is 1470. The molecule has 5 rings (SSSR count). The molecule has 4 aromatic carbocycles. The van der Waals surface area contributed by atoms with Gasteiger partial charge in [0.05, 0.1) is 10.6 Å². The van der Waals surface area contributed by atoms with E-state index in [1.807, 2.05) is 30.3 Å². The summed E-state index contributed by atoms with van der Waals surface area (Å²) < 4.78 is 33.6. The SMILES string of the molecule is O=C(CN1c2ccc(Cl)cc2-c2ccccc2S1(=O)=O)Nc1ccc(Oc2ccccc2)cc1. The number of sulfonamides is 1. The molecule has 6 nitrogen and oxygen atoms in total. The predicted molar refractivity (Wildman–Crippen MR) is 133 cm³/mol. The molecule has 1 aliphatic heterocycles. The van der Waals surface area contributed by atoms with Crippen molar-refractivity contribution in [2.75, 3.05) is 16.2 Å². The fourth-order valence-corrected chi connectivity index (χ4v) is 5.66. The van der Waals surface area contributed by atoms with Gasteiger partial charge in [0.15, 0.2) is 0 Å². The van der Waals surface area contributed by atoms with Crippen molar-refractivity contribution in [2.24, 2.45) is 0 Å². The Hall–Kier alpha value is -3.81. The Morgan fingerprint density at radius 1 is 0.824 bits per heavy atom. The predicted octanol–water partition coefficient (Wildman–Crippen LogP) is 5.95. The molecule has 8 heteroatoms. The number of anilines is 2. The van der Waals surface area contributed by atoms with Crippen LogP contribution in [-0.4, -0.2) is 20.9 Å². The number of hydrogen-bond donors (Lipinski definition) is 1. The number of carbonyl (C=O) groups excluding carboxylic acids is 1. The average Bonchev–Trinajstić information content (AvgIpc) is 2.84. The molecule has 4 aromatic rings. The van der Waals surface area contributed by atoms with Crippen molar-refractivity contribution in [3.8, 4) is 22.6 Å². The normalized spacial score (nSPS) is 13.5. The lowest BCUT2D eigenvalue weighted by molar-refractivity contribution is -0.114. The van der Waals surface area contributed by atoms with Crippen LogP contribution in [0.5, 0.6) is 11.5 Å². The number of amides is 1. The van der Waals surface area contributed by atoms with Gasteiger partial charge in [-0.2, -0.15) is 0 Å². The van der Waals surface area contributed by atoms with E-state index in [-0.39, 0.29) is 11.4 Å². The number of hydrogen-bond acceptors (Lipinski definition) is 4. The van der Waals surface area contributed by atoms with Crippen LogP contribution in [0.15, 0.2) is 102 Å². The van der Waals surface area contributed by atoms with Gasteiger partial charge in [0.1, 0.15) is 18.0 Å². The van der Waals surface area contributed by atoms with E-state index in [4.69, 9.17) is 16.3 Å². The number of carbonyl (C=O) groups is 1. The zero-order valence-electron chi connectivity index (χ0n) is 17.8. The maximum absolute atomic E-state index is 13.4. The number of para-hydroxylation sites is 1. The summed E-state index contributed by atoms with van der Waals surface area (Å²) >= 11 is 6.18. The largest absolute Gasteiger partial charge is 0.457 e. The molecule has 0 saturated heterocycles. The molecule has 0 aromatic heterocycles. The maximum atomic E-state index is 13.4. The van der Waals surface area contributed by atoms with Crippen LogP contribution in [0.2, 0.25) is 5.02 Å². The number of fused-ring (bicyclic) bond motifs is 3. The Balaban J connectivity index is 1.36. The molecule has 170 valence electrons. The van der Waals surface area contributed by atoms with Crippen LogP contribution in [0.25, 0.3) is 11.1 Å². The first kappa shape index (κ1) is 22.0. The lowest BCUT2D eigenvalue weighted by atomic mass is 10.0. The minimum absolute atomic E-state index is 0.139. The number of benzene rings is 4. The van der Waals surface area contributed by atoms with Crippen molar-refractivity contribution >= 4 is 38.9 Å². The van der Waals surface area contributed by atoms with E-state index in [0.29, 0.717) is 39.0 Å². The first-order valence-corrected chi connectivity index (χ1v) is 12.3. The third kappa shape index (κ3) is 4.23. The van der Waals surface area contributed by atoms with Crippen LogP contribution in [0, 0.1) is 0 Å². The number of nitrogens with one attached hydrogen (secondary N) is 1. The van der Waals surface area contributed by atoms with Crippen molar-refractivity contribution < 1.29 is 17.9 Å². The van der Waals surface area contributed by atoms with E-state index in [0.717, 1.165) is 4.31 Å². The highest BCUT2D eigenvalue weighted by Crippen LogP contribution is 2.43. The molecule has 0 bridgehead atoms. The summed E-state index contributed by atoms with van der Waals surface area (Å²) in [7, 11) is -3.93. The minimum Gasteiger partial charge on any atom is -0.457 e. The van der Waals surface area contributed by atoms with Gasteiger partial charge < -0.3 is 10.1 Å². The van der Waals surface area contributed by atoms with Gasteiger partial charge in [0, 0.05) is 21.8 Å². The highest BCUT2D eigenvalue weighted by Gasteiger charge is 2.35. The van der Waals surface area contributed by atoms with Crippen molar-refractivity contribution in [2.45, 2.75) is 4.90 Å². The average molecular weight is 491 g/mol. The summed E-state index contributed by atoms with van der Waals surface area (Å²) in [6.45, 7) is -0.381. The highest BCUT2D eigenvalue weighted by atomic mass is 35.5. The van der Waals surface area contributed by atoms with Gasteiger partial charge in [-0.15, -0.1) is 0 Å². The van der Waals surface area contributed by atoms with Crippen LogP contribution in [0.3, 0.4) is 0 Å². The van der Waals surface area contributed by atoms with Gasteiger partial charge >= 0.3 is 0 Å². The van der Waals surface area contributed by atoms with Crippen LogP contribution in [0.4, 0.5) is 11.4 Å². The van der Waals surface area contributed by atoms with Gasteiger partial charge in [0.25, 0.3) is 10.0 Å². The van der Waals surface area contributed by atoms with Crippen LogP contribution < -0.4 is 14.4 Å². The Morgan fingerprint density at radius 3 is 2.26 bits per heavy atom. The Morgan fingerprint density at radius 2 is 1.50 bits per heavy atom. The monoisotopic (exact) mass is 490 g/mol. The minimum atomic E-state index is -3.93. The fourth-order valence-electron chi connectivity index (χ4n) is 3.84. The lowest BCUT2D eigenvalue weighted by Gasteiger charge is -2.31. The Kier molecular flexibility index (Phi) is 5.73. The molecule has 1 aliphatic rings. The maximum Gasteiger partial charge on any atom is 0.265 e. The van der Waals surface area contributed by atoms with Crippen molar-refractivity contribution in [1.29, 1.82) is 0 Å². The summed E-state index contributed by atoms with van der Waals surface area (Å²) in [5, 5.41) is 3.24. The smallest absolute Gasteiger partial charge is 0.265 e. The first-order valence-electron chi connectivity index (χ1n) is 10.5. The summed E-state index contributed by atoms with van der Waals surface area (Å²) in [4.78, 5) is 13.0. The van der Waals surface area contributed by atoms with E-state index in [1.54, 1.807) is 60.7 Å². The standard InChI is InChI=1S/C26H19ClN2O4S/c27-18-10-15-24-23(16-18)22-8-4-5-9-25(22)34(31,32)29(24)17-26(30)28-19-11-13-21(14-12-19)33-20-6-2-1-3-7-20/h1-16H,17H2,(H,28,30). The molecule has 1 N–H and O–H groups in total. The third-order valence-corrected chi connectivity index (χ3v) is 7.43. The molecule has 0 spiro atoms. The molecule has 1 heterocycles. The zero-order chi connectivity index (χ0) is 23.7. The van der Waals surface area contributed by atoms with Crippen molar-refractivity contribution in [3.05, 3.63) is 102 Å². The van der Waals surface area contributed by atoms with Crippen LogP contribution in [0.1, 0.15) is 0 Å². The van der Waals surface area contributed by atoms with Gasteiger partial charge in [-0.3, -0.25) is 9.10 Å². The van der Waals surface area contributed by atoms with Crippen LogP contribution in [-0.2, 0) is 14.8 Å². The molecule has 0 saturated carbocycles. The second-order valence-electron chi connectivity index (χ2n) is 7.66. The summed E-state index contributed by atoms with van der Waals surface area (Å²) in [5.74, 6) is 0.847. The van der Waals surface area contributed by atoms with E-state index >= 15 is 0 Å². The number of rotatable bonds is 5. The quantitative estimate of drug-likeness (QED) is 0.375. The van der Waals surface area contributed by atoms with E-state index in [9.17, 15) is 13.2 Å². The molecule has 0 fully saturated rings. The Labute approximate surface area is 202 Å². The highest BCUT2D eigenvalue weighted by molar-refractivity contribution is 7.93. The molecule has 0 atom stereocenters. The summed E-state index contributed by atoms with van der Waals surface area (Å²) in [5.41, 5.74) is 2.15. The topological polar surface area (TPSA) is 75.7 Å². The van der Waals surface area contributed by atoms with Gasteiger partial charge in [0.2, 0.25) is 5.91 Å². The van der Waals surface area contributed by atoms with Crippen LogP contribution >= 0.6 is 11.6 Å². The first-order chi connectivity index (χ1) is 16.4. The van der Waals surface area contributed by atoms with Gasteiger partial charge in [-0.05, 0) is 60.7 Å². The molecular weight excluding hydrogens is 472 g/mol. The fraction of sp³-hybridized carbons (Fsp3) is 0.0385. The molecule has 0 unspecified atom stereocenters. The van der Waals surface area contributed by atoms with Crippen molar-refractivity contribution in [1.82, 2.24) is 0 Å². The second kappa shape index (κ2) is 8.85. The number of halogens is 1. The van der Waals surface area contributed by atoms with E-state index in [2.05, 4.69) is 5.32 Å². The van der Waals surface area contributed by atoms with Gasteiger partial charge in [-0.25, -0.2) is 8.42 Å². The van der Waals surface area contributed by atoms with E-state index in [1.165, 1.54) is 6.07 Å². The van der Waals surface area contributed by atoms with E-state index < -0.39 is 15.9 Å². The summed E-state index contributed by atoms with van der Waals surface area (Å²) in [6.07, 6.45) is 0. The molecule has 0 radical (unpaired) electrons. The second-order valence-corrected chi connectivity index (χ2v) is 9.92. The summed E-state index contributed by atoms with van der Waals surface area (Å²) in [6, 6.07) is 27.8. The molecule has 0 aliphatic carbocycles.